The highest BCUT2D eigenvalue weighted by molar-refractivity contribution is 7.89. The maximum atomic E-state index is 12.9. The molecule has 0 saturated carbocycles. The molecule has 0 unspecified atom stereocenters. The maximum Gasteiger partial charge on any atom is 0.274 e. The van der Waals surface area contributed by atoms with E-state index in [2.05, 4.69) is 24.0 Å². The van der Waals surface area contributed by atoms with E-state index in [-0.39, 0.29) is 47.0 Å². The maximum absolute atomic E-state index is 12.9. The minimum Gasteiger partial charge on any atom is -0.335 e. The van der Waals surface area contributed by atoms with Gasteiger partial charge in [-0.05, 0) is 30.5 Å². The summed E-state index contributed by atoms with van der Waals surface area (Å²) in [6.45, 7) is 5.05. The number of carbonyl (C=O) groups excluding carboxylic acids is 1. The molecule has 7 nitrogen and oxygen atoms in total. The highest BCUT2D eigenvalue weighted by Crippen LogP contribution is 2.32. The zero-order valence-electron chi connectivity index (χ0n) is 15.7. The molecule has 2 heterocycles. The van der Waals surface area contributed by atoms with Crippen LogP contribution in [0.4, 0.5) is 0 Å². The van der Waals surface area contributed by atoms with Gasteiger partial charge in [-0.1, -0.05) is 43.1 Å². The number of halogens is 2. The Morgan fingerprint density at radius 1 is 1.18 bits per heavy atom. The van der Waals surface area contributed by atoms with E-state index in [1.165, 1.54) is 16.4 Å². The number of benzene rings is 1. The van der Waals surface area contributed by atoms with Crippen LogP contribution in [0, 0.1) is 5.92 Å². The van der Waals surface area contributed by atoms with Crippen molar-refractivity contribution in [1.29, 1.82) is 0 Å². The van der Waals surface area contributed by atoms with Crippen molar-refractivity contribution < 1.29 is 13.2 Å². The minimum atomic E-state index is -3.84. The average Bonchev–Trinajstić information content (AvgIpc) is 3.08. The first kappa shape index (κ1) is 21.1. The van der Waals surface area contributed by atoms with Gasteiger partial charge in [0.1, 0.15) is 10.6 Å². The van der Waals surface area contributed by atoms with Gasteiger partial charge in [0.2, 0.25) is 10.0 Å². The summed E-state index contributed by atoms with van der Waals surface area (Å²) in [5, 5.41) is 7.16. The summed E-state index contributed by atoms with van der Waals surface area (Å²) in [5.41, 5.74) is 1.26. The number of sulfonamides is 1. The molecule has 1 N–H and O–H groups in total. The summed E-state index contributed by atoms with van der Waals surface area (Å²) in [6, 6.07) is 6.34. The van der Waals surface area contributed by atoms with Crippen LogP contribution < -0.4 is 0 Å². The number of hydrogen-bond donors (Lipinski definition) is 1. The number of rotatable bonds is 5. The lowest BCUT2D eigenvalue weighted by Gasteiger charge is -2.33. The van der Waals surface area contributed by atoms with Crippen molar-refractivity contribution in [1.82, 2.24) is 19.4 Å². The molecule has 1 fully saturated rings. The molecular weight excluding hydrogens is 423 g/mol. The Labute approximate surface area is 174 Å². The standard InChI is InChI=1S/C18H22Cl2N4O3S/c1-12(2)10-13-11-16(22-21-13)18(25)23-6-8-24(9-7-23)28(26,27)17-14(19)4-3-5-15(17)20/h3-5,11-12H,6-10H2,1-2H3,(H,21,22). The molecule has 1 aromatic carbocycles. The van der Waals surface area contributed by atoms with Gasteiger partial charge in [-0.3, -0.25) is 9.89 Å². The highest BCUT2D eigenvalue weighted by atomic mass is 35.5. The summed E-state index contributed by atoms with van der Waals surface area (Å²) >= 11 is 12.1. The van der Waals surface area contributed by atoms with Crippen molar-refractivity contribution in [2.45, 2.75) is 25.2 Å². The van der Waals surface area contributed by atoms with Gasteiger partial charge in [-0.15, -0.1) is 0 Å². The first-order chi connectivity index (χ1) is 13.2. The molecule has 10 heteroatoms. The van der Waals surface area contributed by atoms with Crippen LogP contribution in [0.5, 0.6) is 0 Å². The fourth-order valence-corrected chi connectivity index (χ4v) is 5.68. The SMILES string of the molecule is CC(C)Cc1cc(C(=O)N2CCN(S(=O)(=O)c3c(Cl)cccc3Cl)CC2)n[nH]1. The van der Waals surface area contributed by atoms with Crippen molar-refractivity contribution in [3.05, 3.63) is 45.7 Å². The molecule has 3 rings (SSSR count). The molecule has 1 saturated heterocycles. The smallest absolute Gasteiger partial charge is 0.274 e. The number of aromatic nitrogens is 2. The van der Waals surface area contributed by atoms with Gasteiger partial charge in [-0.2, -0.15) is 9.40 Å². The second-order valence-electron chi connectivity index (χ2n) is 7.12. The number of H-pyrrole nitrogens is 1. The van der Waals surface area contributed by atoms with Crippen molar-refractivity contribution >= 4 is 39.1 Å². The summed E-state index contributed by atoms with van der Waals surface area (Å²) in [5.74, 6) is 0.243. The largest absolute Gasteiger partial charge is 0.335 e. The fourth-order valence-electron chi connectivity index (χ4n) is 3.17. The number of hydrogen-bond acceptors (Lipinski definition) is 4. The summed E-state index contributed by atoms with van der Waals surface area (Å²) in [6.07, 6.45) is 0.810. The van der Waals surface area contributed by atoms with Crippen LogP contribution in [-0.2, 0) is 16.4 Å². The first-order valence-corrected chi connectivity index (χ1v) is 11.2. The Bertz CT molecular complexity index is 947. The molecule has 2 aromatic rings. The third-order valence-electron chi connectivity index (χ3n) is 4.52. The number of nitrogens with zero attached hydrogens (tertiary/aromatic N) is 3. The predicted octanol–water partition coefficient (Wildman–Crippen LogP) is 3.06. The van der Waals surface area contributed by atoms with Crippen molar-refractivity contribution in [3.8, 4) is 0 Å². The van der Waals surface area contributed by atoms with Gasteiger partial charge in [0.05, 0.1) is 10.0 Å². The second kappa shape index (κ2) is 8.41. The summed E-state index contributed by atoms with van der Waals surface area (Å²) in [4.78, 5) is 14.2. The Hall–Kier alpha value is -1.61. The quantitative estimate of drug-likeness (QED) is 0.767. The topological polar surface area (TPSA) is 86.4 Å². The number of piperazine rings is 1. The molecule has 1 amide bonds. The molecule has 0 spiro atoms. The molecule has 152 valence electrons. The lowest BCUT2D eigenvalue weighted by atomic mass is 10.1. The summed E-state index contributed by atoms with van der Waals surface area (Å²) < 4.78 is 27.1. The van der Waals surface area contributed by atoms with Crippen LogP contribution in [0.1, 0.15) is 30.0 Å². The van der Waals surface area contributed by atoms with Crippen LogP contribution in [-0.4, -0.2) is 59.9 Å². The normalized spacial score (nSPS) is 16.0. The lowest BCUT2D eigenvalue weighted by Crippen LogP contribution is -2.50. The Balaban J connectivity index is 1.69. The van der Waals surface area contributed by atoms with E-state index in [0.717, 1.165) is 12.1 Å². The Morgan fingerprint density at radius 3 is 2.36 bits per heavy atom. The van der Waals surface area contributed by atoms with E-state index in [1.807, 2.05) is 0 Å². The number of carbonyl (C=O) groups is 1. The van der Waals surface area contributed by atoms with Gasteiger partial charge in [0, 0.05) is 31.9 Å². The van der Waals surface area contributed by atoms with E-state index < -0.39 is 10.0 Å². The zero-order chi connectivity index (χ0) is 20.5. The minimum absolute atomic E-state index is 0.0835. The highest BCUT2D eigenvalue weighted by Gasteiger charge is 2.33. The van der Waals surface area contributed by atoms with E-state index in [1.54, 1.807) is 17.0 Å². The molecule has 0 aliphatic carbocycles. The molecule has 28 heavy (non-hydrogen) atoms. The van der Waals surface area contributed by atoms with Crippen LogP contribution in [0.25, 0.3) is 0 Å². The molecule has 0 bridgehead atoms. The lowest BCUT2D eigenvalue weighted by molar-refractivity contribution is 0.0692. The predicted molar refractivity (Wildman–Crippen MR) is 108 cm³/mol. The van der Waals surface area contributed by atoms with Crippen LogP contribution in [0.15, 0.2) is 29.2 Å². The second-order valence-corrected chi connectivity index (χ2v) is 9.81. The number of nitrogens with one attached hydrogen (secondary N) is 1. The van der Waals surface area contributed by atoms with Gasteiger partial charge >= 0.3 is 0 Å². The third kappa shape index (κ3) is 4.35. The Kier molecular flexibility index (Phi) is 6.34. The zero-order valence-corrected chi connectivity index (χ0v) is 18.0. The molecule has 1 aliphatic heterocycles. The molecular formula is C18H22Cl2N4O3S. The van der Waals surface area contributed by atoms with Crippen LogP contribution in [0.2, 0.25) is 10.0 Å². The number of amides is 1. The first-order valence-electron chi connectivity index (χ1n) is 8.98. The monoisotopic (exact) mass is 444 g/mol. The van der Waals surface area contributed by atoms with Gasteiger partial charge < -0.3 is 4.90 Å². The van der Waals surface area contributed by atoms with Gasteiger partial charge in [0.25, 0.3) is 5.91 Å². The molecule has 0 atom stereocenters. The van der Waals surface area contributed by atoms with Crippen LogP contribution >= 0.6 is 23.2 Å². The molecule has 0 radical (unpaired) electrons. The number of aromatic amines is 1. The van der Waals surface area contributed by atoms with E-state index in [9.17, 15) is 13.2 Å². The average molecular weight is 445 g/mol. The van der Waals surface area contributed by atoms with E-state index in [0.29, 0.717) is 11.6 Å². The fraction of sp³-hybridized carbons (Fsp3) is 0.444. The summed E-state index contributed by atoms with van der Waals surface area (Å²) in [7, 11) is -3.84. The third-order valence-corrected chi connectivity index (χ3v) is 7.38. The molecule has 1 aliphatic rings. The van der Waals surface area contributed by atoms with Crippen molar-refractivity contribution in [2.75, 3.05) is 26.2 Å². The van der Waals surface area contributed by atoms with Gasteiger partial charge in [0.15, 0.2) is 0 Å². The van der Waals surface area contributed by atoms with E-state index in [4.69, 9.17) is 23.2 Å². The van der Waals surface area contributed by atoms with Crippen molar-refractivity contribution in [3.63, 3.8) is 0 Å². The van der Waals surface area contributed by atoms with E-state index >= 15 is 0 Å². The van der Waals surface area contributed by atoms with Crippen LogP contribution in [0.3, 0.4) is 0 Å². The Morgan fingerprint density at radius 2 is 1.79 bits per heavy atom. The van der Waals surface area contributed by atoms with Gasteiger partial charge in [-0.25, -0.2) is 8.42 Å². The molecule has 1 aromatic heterocycles. The van der Waals surface area contributed by atoms with Crippen molar-refractivity contribution in [2.24, 2.45) is 5.92 Å².